The summed E-state index contributed by atoms with van der Waals surface area (Å²) in [7, 11) is 0. The molecule has 0 atom stereocenters. The van der Waals surface area contributed by atoms with Gasteiger partial charge in [-0.05, 0) is 36.4 Å². The largest absolute Gasteiger partial charge is 0.483 e. The third-order valence-corrected chi connectivity index (χ3v) is 6.29. The highest BCUT2D eigenvalue weighted by Gasteiger charge is 2.17. The zero-order valence-corrected chi connectivity index (χ0v) is 20.2. The van der Waals surface area contributed by atoms with Crippen LogP contribution in [0.25, 0.3) is 16.6 Å². The maximum Gasteiger partial charge on any atom is 0.269 e. The van der Waals surface area contributed by atoms with Crippen LogP contribution < -0.4 is 10.1 Å². The van der Waals surface area contributed by atoms with E-state index in [-0.39, 0.29) is 24.0 Å². The fourth-order valence-corrected chi connectivity index (χ4v) is 4.42. The normalized spacial score (nSPS) is 10.8. The van der Waals surface area contributed by atoms with Crippen LogP contribution in [0.1, 0.15) is 5.82 Å². The van der Waals surface area contributed by atoms with Gasteiger partial charge in [0.15, 0.2) is 11.0 Å². The zero-order valence-electron chi connectivity index (χ0n) is 19.4. The summed E-state index contributed by atoms with van der Waals surface area (Å²) < 4.78 is 7.94. The summed E-state index contributed by atoms with van der Waals surface area (Å²) in [6.45, 7) is 0.146. The molecule has 3 aromatic carbocycles. The number of hydrogen-bond donors (Lipinski definition) is 1. The van der Waals surface area contributed by atoms with Crippen molar-refractivity contribution in [1.82, 2.24) is 19.7 Å². The van der Waals surface area contributed by atoms with E-state index in [2.05, 4.69) is 20.5 Å². The van der Waals surface area contributed by atoms with Crippen molar-refractivity contribution >= 4 is 39.9 Å². The second-order valence-corrected chi connectivity index (χ2v) is 8.77. The van der Waals surface area contributed by atoms with Crippen LogP contribution in [0.15, 0.2) is 96.3 Å². The number of aromatic nitrogens is 4. The monoisotopic (exact) mass is 512 g/mol. The highest BCUT2D eigenvalue weighted by atomic mass is 32.2. The van der Waals surface area contributed by atoms with Crippen LogP contribution in [-0.4, -0.2) is 36.3 Å². The molecule has 0 aliphatic heterocycles. The number of anilines is 1. The van der Waals surface area contributed by atoms with Gasteiger partial charge in [-0.1, -0.05) is 48.2 Å². The summed E-state index contributed by atoms with van der Waals surface area (Å²) >= 11 is 1.22. The molecule has 184 valence electrons. The first kappa shape index (κ1) is 23.9. The Balaban J connectivity index is 1.32. The summed E-state index contributed by atoms with van der Waals surface area (Å²) in [6, 6.07) is 24.8. The Morgan fingerprint density at radius 1 is 0.973 bits per heavy atom. The Bertz CT molecular complexity index is 1550. The van der Waals surface area contributed by atoms with Gasteiger partial charge in [0, 0.05) is 35.1 Å². The Morgan fingerprint density at radius 2 is 1.76 bits per heavy atom. The zero-order chi connectivity index (χ0) is 25.6. The molecule has 5 rings (SSSR count). The van der Waals surface area contributed by atoms with Crippen LogP contribution in [0.3, 0.4) is 0 Å². The smallest absolute Gasteiger partial charge is 0.269 e. The number of hydrogen-bond acceptors (Lipinski definition) is 8. The highest BCUT2D eigenvalue weighted by molar-refractivity contribution is 7.99. The Labute approximate surface area is 215 Å². The maximum absolute atomic E-state index is 12.5. The molecule has 2 aromatic heterocycles. The molecule has 0 unspecified atom stereocenters. The van der Waals surface area contributed by atoms with Crippen LogP contribution >= 0.6 is 11.8 Å². The molecule has 2 heterocycles. The van der Waals surface area contributed by atoms with Crippen LogP contribution in [0.2, 0.25) is 0 Å². The van der Waals surface area contributed by atoms with E-state index in [0.29, 0.717) is 22.4 Å². The molecule has 0 saturated carbocycles. The number of carbonyl (C=O) groups excluding carboxylic acids is 1. The Morgan fingerprint density at radius 3 is 2.54 bits per heavy atom. The standard InChI is InChI=1S/C26H20N6O4S/c33-24(28-19-11-13-21(14-12-19)32(34)35)17-37-26-30-29-23(31(26)20-8-2-1-3-9-20)16-36-22-10-4-6-18-7-5-15-27-25(18)22/h1-15H,16-17H2,(H,28,33). The molecule has 10 nitrogen and oxygen atoms in total. The molecule has 0 spiro atoms. The van der Waals surface area contributed by atoms with E-state index < -0.39 is 4.92 Å². The number of rotatable bonds is 9. The van der Waals surface area contributed by atoms with Crippen LogP contribution in [0.4, 0.5) is 11.4 Å². The summed E-state index contributed by atoms with van der Waals surface area (Å²) in [5, 5.41) is 23.7. The molecule has 1 amide bonds. The number of nitro benzene ring substituents is 1. The van der Waals surface area contributed by atoms with Gasteiger partial charge in [-0.2, -0.15) is 0 Å². The lowest BCUT2D eigenvalue weighted by Gasteiger charge is -2.12. The lowest BCUT2D eigenvalue weighted by Crippen LogP contribution is -2.14. The molecule has 0 saturated heterocycles. The van der Waals surface area contributed by atoms with E-state index in [9.17, 15) is 14.9 Å². The van der Waals surface area contributed by atoms with E-state index in [1.807, 2.05) is 65.2 Å². The molecule has 37 heavy (non-hydrogen) atoms. The number of para-hydroxylation sites is 2. The predicted molar refractivity (Wildman–Crippen MR) is 140 cm³/mol. The third-order valence-electron chi connectivity index (χ3n) is 5.36. The van der Waals surface area contributed by atoms with Gasteiger partial charge in [0.25, 0.3) is 5.69 Å². The minimum Gasteiger partial charge on any atom is -0.483 e. The van der Waals surface area contributed by atoms with Crippen LogP contribution in [0.5, 0.6) is 5.75 Å². The first-order valence-electron chi connectivity index (χ1n) is 11.2. The SMILES string of the molecule is O=C(CSc1nnc(COc2cccc3cccnc23)n1-c1ccccc1)Nc1ccc([N+](=O)[O-])cc1. The van der Waals surface area contributed by atoms with Gasteiger partial charge in [0.05, 0.1) is 10.7 Å². The second kappa shape index (κ2) is 10.9. The summed E-state index contributed by atoms with van der Waals surface area (Å²) in [5.74, 6) is 0.992. The molecule has 1 N–H and O–H groups in total. The van der Waals surface area contributed by atoms with E-state index in [1.165, 1.54) is 36.0 Å². The van der Waals surface area contributed by atoms with Crippen molar-refractivity contribution < 1.29 is 14.5 Å². The van der Waals surface area contributed by atoms with Crippen molar-refractivity contribution in [2.75, 3.05) is 11.1 Å². The quantitative estimate of drug-likeness (QED) is 0.166. The average molecular weight is 513 g/mol. The van der Waals surface area contributed by atoms with Gasteiger partial charge in [0.1, 0.15) is 17.9 Å². The van der Waals surface area contributed by atoms with Crippen molar-refractivity contribution in [3.8, 4) is 11.4 Å². The molecule has 0 fully saturated rings. The fourth-order valence-electron chi connectivity index (χ4n) is 3.65. The van der Waals surface area contributed by atoms with E-state index in [1.54, 1.807) is 6.20 Å². The van der Waals surface area contributed by atoms with Gasteiger partial charge in [-0.15, -0.1) is 10.2 Å². The Hall–Kier alpha value is -4.77. The highest BCUT2D eigenvalue weighted by Crippen LogP contribution is 2.26. The van der Waals surface area contributed by atoms with Crippen LogP contribution in [0, 0.1) is 10.1 Å². The predicted octanol–water partition coefficient (Wildman–Crippen LogP) is 5.03. The van der Waals surface area contributed by atoms with Crippen molar-refractivity contribution in [2.24, 2.45) is 0 Å². The second-order valence-electron chi connectivity index (χ2n) is 7.83. The number of nitrogens with zero attached hydrogens (tertiary/aromatic N) is 5. The molecule has 0 aliphatic rings. The number of nitro groups is 1. The number of non-ortho nitro benzene ring substituents is 1. The number of pyridine rings is 1. The number of ether oxygens (including phenoxy) is 1. The number of benzene rings is 3. The number of amides is 1. The first-order valence-corrected chi connectivity index (χ1v) is 12.2. The number of fused-ring (bicyclic) bond motifs is 1. The number of carbonyl (C=O) groups is 1. The van der Waals surface area contributed by atoms with Crippen molar-refractivity contribution in [2.45, 2.75) is 11.8 Å². The number of thioether (sulfide) groups is 1. The topological polar surface area (TPSA) is 125 Å². The average Bonchev–Trinajstić information content (AvgIpc) is 3.34. The Kier molecular flexibility index (Phi) is 7.04. The van der Waals surface area contributed by atoms with E-state index in [4.69, 9.17) is 4.74 Å². The number of nitrogens with one attached hydrogen (secondary N) is 1. The van der Waals surface area contributed by atoms with Gasteiger partial charge < -0.3 is 10.1 Å². The van der Waals surface area contributed by atoms with Crippen LogP contribution in [-0.2, 0) is 11.4 Å². The molecule has 0 aliphatic carbocycles. The van der Waals surface area contributed by atoms with Crippen molar-refractivity contribution in [3.63, 3.8) is 0 Å². The molecular formula is C26H20N6O4S. The summed E-state index contributed by atoms with van der Waals surface area (Å²) in [6.07, 6.45) is 1.72. The van der Waals surface area contributed by atoms with Gasteiger partial charge in [-0.25, -0.2) is 0 Å². The molecule has 11 heteroatoms. The lowest BCUT2D eigenvalue weighted by atomic mass is 10.2. The maximum atomic E-state index is 12.5. The molecule has 5 aromatic rings. The first-order chi connectivity index (χ1) is 18.1. The van der Waals surface area contributed by atoms with Crippen molar-refractivity contribution in [3.05, 3.63) is 107 Å². The van der Waals surface area contributed by atoms with Gasteiger partial charge in [0.2, 0.25) is 5.91 Å². The third kappa shape index (κ3) is 5.57. The van der Waals surface area contributed by atoms with Crippen molar-refractivity contribution in [1.29, 1.82) is 0 Å². The fraction of sp³-hybridized carbons (Fsp3) is 0.0769. The molecular weight excluding hydrogens is 492 g/mol. The van der Waals surface area contributed by atoms with E-state index in [0.717, 1.165) is 16.6 Å². The van der Waals surface area contributed by atoms with Gasteiger partial charge in [-0.3, -0.25) is 24.5 Å². The molecule has 0 radical (unpaired) electrons. The minimum absolute atomic E-state index is 0.0441. The molecule has 0 bridgehead atoms. The minimum atomic E-state index is -0.490. The lowest BCUT2D eigenvalue weighted by molar-refractivity contribution is -0.384. The van der Waals surface area contributed by atoms with E-state index >= 15 is 0 Å². The summed E-state index contributed by atoms with van der Waals surface area (Å²) in [4.78, 5) is 27.3. The summed E-state index contributed by atoms with van der Waals surface area (Å²) in [5.41, 5.74) is 2.02. The van der Waals surface area contributed by atoms with Gasteiger partial charge >= 0.3 is 0 Å².